The second kappa shape index (κ2) is 6.87. The van der Waals surface area contributed by atoms with Gasteiger partial charge in [0, 0.05) is 11.1 Å². The van der Waals surface area contributed by atoms with Gasteiger partial charge in [0.05, 0.1) is 18.0 Å². The van der Waals surface area contributed by atoms with E-state index >= 15 is 0 Å². The van der Waals surface area contributed by atoms with Crippen LogP contribution in [0.5, 0.6) is 11.5 Å². The second-order valence-electron chi connectivity index (χ2n) is 4.47. The van der Waals surface area contributed by atoms with Crippen molar-refractivity contribution in [2.24, 2.45) is 0 Å². The molecule has 0 saturated carbocycles. The number of benzene rings is 2. The van der Waals surface area contributed by atoms with Crippen molar-refractivity contribution in [3.63, 3.8) is 0 Å². The average molecular weight is 311 g/mol. The first-order valence-corrected chi connectivity index (χ1v) is 7.16. The van der Waals surface area contributed by atoms with E-state index in [4.69, 9.17) is 32.7 Å². The highest BCUT2D eigenvalue weighted by Crippen LogP contribution is 2.31. The van der Waals surface area contributed by atoms with E-state index < -0.39 is 0 Å². The van der Waals surface area contributed by atoms with Gasteiger partial charge in [0.2, 0.25) is 0 Å². The quantitative estimate of drug-likeness (QED) is 0.725. The van der Waals surface area contributed by atoms with Gasteiger partial charge in [-0.3, -0.25) is 0 Å². The fourth-order valence-electron chi connectivity index (χ4n) is 1.99. The first kappa shape index (κ1) is 15.0. The maximum absolute atomic E-state index is 6.16. The molecular weight excluding hydrogens is 295 g/mol. The van der Waals surface area contributed by atoms with Crippen LogP contribution in [0.1, 0.15) is 16.7 Å². The Balaban J connectivity index is 2.23. The lowest BCUT2D eigenvalue weighted by Crippen LogP contribution is -2.01. The van der Waals surface area contributed by atoms with Crippen molar-refractivity contribution in [1.82, 2.24) is 0 Å². The third-order valence-corrected chi connectivity index (χ3v) is 3.59. The Labute approximate surface area is 129 Å². The highest BCUT2D eigenvalue weighted by molar-refractivity contribution is 6.32. The lowest BCUT2D eigenvalue weighted by molar-refractivity contribution is 0.294. The smallest absolute Gasteiger partial charge is 0.142 e. The zero-order chi connectivity index (χ0) is 14.5. The fraction of sp³-hybridized carbons (Fsp3) is 0.250. The van der Waals surface area contributed by atoms with Crippen LogP contribution in [-0.4, -0.2) is 7.11 Å². The first-order valence-electron chi connectivity index (χ1n) is 6.25. The van der Waals surface area contributed by atoms with E-state index in [-0.39, 0.29) is 0 Å². The van der Waals surface area contributed by atoms with Crippen LogP contribution in [-0.2, 0) is 12.5 Å². The normalized spacial score (nSPS) is 10.4. The number of alkyl halides is 1. The van der Waals surface area contributed by atoms with Crippen LogP contribution < -0.4 is 9.47 Å². The van der Waals surface area contributed by atoms with Crippen molar-refractivity contribution < 1.29 is 9.47 Å². The van der Waals surface area contributed by atoms with E-state index in [1.807, 2.05) is 37.3 Å². The molecule has 0 spiro atoms. The number of hydrogen-bond acceptors (Lipinski definition) is 2. The van der Waals surface area contributed by atoms with Gasteiger partial charge >= 0.3 is 0 Å². The van der Waals surface area contributed by atoms with Gasteiger partial charge in [-0.2, -0.15) is 0 Å². The topological polar surface area (TPSA) is 18.5 Å². The van der Waals surface area contributed by atoms with Crippen LogP contribution in [0.25, 0.3) is 0 Å². The molecule has 0 aromatic heterocycles. The molecule has 0 unspecified atom stereocenters. The Hall–Kier alpha value is -1.38. The molecule has 0 bridgehead atoms. The van der Waals surface area contributed by atoms with E-state index in [0.717, 1.165) is 22.4 Å². The molecule has 0 saturated heterocycles. The summed E-state index contributed by atoms with van der Waals surface area (Å²) in [6.45, 7) is 2.42. The number of aryl methyl sites for hydroxylation is 1. The zero-order valence-corrected chi connectivity index (χ0v) is 13.0. The van der Waals surface area contributed by atoms with Crippen molar-refractivity contribution >= 4 is 23.2 Å². The van der Waals surface area contributed by atoms with Gasteiger partial charge in [-0.05, 0) is 25.1 Å². The summed E-state index contributed by atoms with van der Waals surface area (Å²) in [5, 5.41) is 0.565. The van der Waals surface area contributed by atoms with E-state index in [9.17, 15) is 0 Å². The van der Waals surface area contributed by atoms with Crippen LogP contribution in [0.4, 0.5) is 0 Å². The standard InChI is InChI=1S/C16H16Cl2O2/c1-11-6-7-15(19-2)13(8-11)10-20-16-12(9-17)4-3-5-14(16)18/h3-8H,9-10H2,1-2H3. The Kier molecular flexibility index (Phi) is 5.16. The molecule has 0 aliphatic rings. The molecule has 20 heavy (non-hydrogen) atoms. The Morgan fingerprint density at radius 3 is 2.60 bits per heavy atom. The minimum Gasteiger partial charge on any atom is -0.496 e. The van der Waals surface area contributed by atoms with E-state index in [0.29, 0.717) is 23.3 Å². The number of ether oxygens (including phenoxy) is 2. The molecule has 0 radical (unpaired) electrons. The summed E-state index contributed by atoms with van der Waals surface area (Å²) in [5.41, 5.74) is 3.01. The molecule has 0 atom stereocenters. The lowest BCUT2D eigenvalue weighted by Gasteiger charge is -2.14. The molecule has 2 aromatic carbocycles. The number of rotatable bonds is 5. The molecule has 2 rings (SSSR count). The molecule has 0 aliphatic heterocycles. The monoisotopic (exact) mass is 310 g/mol. The summed E-state index contributed by atoms with van der Waals surface area (Å²) in [5.74, 6) is 1.80. The predicted molar refractivity (Wildman–Crippen MR) is 83.1 cm³/mol. The van der Waals surface area contributed by atoms with Crippen molar-refractivity contribution in [2.45, 2.75) is 19.4 Å². The Morgan fingerprint density at radius 2 is 1.90 bits per heavy atom. The highest BCUT2D eigenvalue weighted by atomic mass is 35.5. The summed E-state index contributed by atoms with van der Waals surface area (Å²) >= 11 is 12.1. The van der Waals surface area contributed by atoms with Gasteiger partial charge in [-0.25, -0.2) is 0 Å². The first-order chi connectivity index (χ1) is 9.65. The maximum Gasteiger partial charge on any atom is 0.142 e. The van der Waals surface area contributed by atoms with Crippen molar-refractivity contribution in [2.75, 3.05) is 7.11 Å². The summed E-state index contributed by atoms with van der Waals surface area (Å²) in [6, 6.07) is 11.5. The molecule has 0 N–H and O–H groups in total. The van der Waals surface area contributed by atoms with Crippen LogP contribution >= 0.6 is 23.2 Å². The molecule has 0 aliphatic carbocycles. The zero-order valence-electron chi connectivity index (χ0n) is 11.5. The van der Waals surface area contributed by atoms with Crippen molar-refractivity contribution in [3.05, 3.63) is 58.1 Å². The molecule has 4 heteroatoms. The van der Waals surface area contributed by atoms with Gasteiger partial charge in [-0.1, -0.05) is 35.4 Å². The summed E-state index contributed by atoms with van der Waals surface area (Å²) < 4.78 is 11.2. The number of para-hydroxylation sites is 1. The van der Waals surface area contributed by atoms with E-state index in [2.05, 4.69) is 0 Å². The van der Waals surface area contributed by atoms with Gasteiger partial charge in [0.1, 0.15) is 18.1 Å². The van der Waals surface area contributed by atoms with Gasteiger partial charge in [-0.15, -0.1) is 11.6 Å². The minimum atomic E-state index is 0.362. The third-order valence-electron chi connectivity index (χ3n) is 3.00. The Morgan fingerprint density at radius 1 is 1.10 bits per heavy atom. The van der Waals surface area contributed by atoms with Crippen LogP contribution in [0.15, 0.2) is 36.4 Å². The number of hydrogen-bond donors (Lipinski definition) is 0. The fourth-order valence-corrected chi connectivity index (χ4v) is 2.45. The van der Waals surface area contributed by atoms with Gasteiger partial charge in [0.25, 0.3) is 0 Å². The molecule has 0 fully saturated rings. The second-order valence-corrected chi connectivity index (χ2v) is 5.14. The molecule has 0 amide bonds. The highest BCUT2D eigenvalue weighted by Gasteiger charge is 2.10. The van der Waals surface area contributed by atoms with Gasteiger partial charge < -0.3 is 9.47 Å². The average Bonchev–Trinajstić information content (AvgIpc) is 2.46. The molecule has 2 nitrogen and oxygen atoms in total. The Bertz CT molecular complexity index is 597. The number of methoxy groups -OCH3 is 1. The van der Waals surface area contributed by atoms with Crippen LogP contribution in [0.2, 0.25) is 5.02 Å². The lowest BCUT2D eigenvalue weighted by atomic mass is 10.1. The minimum absolute atomic E-state index is 0.362. The maximum atomic E-state index is 6.16. The van der Waals surface area contributed by atoms with Crippen molar-refractivity contribution in [1.29, 1.82) is 0 Å². The van der Waals surface area contributed by atoms with E-state index in [1.54, 1.807) is 13.2 Å². The molecule has 2 aromatic rings. The van der Waals surface area contributed by atoms with Gasteiger partial charge in [0.15, 0.2) is 0 Å². The molecule has 106 valence electrons. The predicted octanol–water partition coefficient (Wildman–Crippen LogP) is 4.97. The van der Waals surface area contributed by atoms with Crippen molar-refractivity contribution in [3.8, 4) is 11.5 Å². The molecular formula is C16H16Cl2O2. The molecule has 0 heterocycles. The van der Waals surface area contributed by atoms with Crippen LogP contribution in [0.3, 0.4) is 0 Å². The number of halogens is 2. The largest absolute Gasteiger partial charge is 0.496 e. The summed E-state index contributed by atoms with van der Waals surface area (Å²) in [4.78, 5) is 0. The summed E-state index contributed by atoms with van der Waals surface area (Å²) in [7, 11) is 1.65. The van der Waals surface area contributed by atoms with Crippen LogP contribution in [0, 0.1) is 6.92 Å². The summed E-state index contributed by atoms with van der Waals surface area (Å²) in [6.07, 6.45) is 0. The SMILES string of the molecule is COc1ccc(C)cc1COc1c(Cl)cccc1CCl. The third kappa shape index (κ3) is 3.38. The van der Waals surface area contributed by atoms with E-state index in [1.165, 1.54) is 0 Å².